The number of hydrogen-bond donors (Lipinski definition) is 1. The molecule has 2 amide bonds. The first kappa shape index (κ1) is 17.8. The summed E-state index contributed by atoms with van der Waals surface area (Å²) in [5.74, 6) is -1.19. The van der Waals surface area contributed by atoms with Crippen LogP contribution < -0.4 is 5.32 Å². The molecular formula is C19H21N3O4. The first-order valence-electron chi connectivity index (χ1n) is 8.44. The first-order valence-corrected chi connectivity index (χ1v) is 8.44. The summed E-state index contributed by atoms with van der Waals surface area (Å²) in [6.45, 7) is 4.42. The maximum atomic E-state index is 13.1. The Labute approximate surface area is 151 Å². The molecule has 2 aromatic rings. The van der Waals surface area contributed by atoms with Gasteiger partial charge in [0, 0.05) is 18.5 Å². The molecular weight excluding hydrogens is 334 g/mol. The van der Waals surface area contributed by atoms with Crippen LogP contribution in [-0.2, 0) is 14.3 Å². The lowest BCUT2D eigenvalue weighted by Gasteiger charge is -2.34. The number of ether oxygens (including phenoxy) is 1. The fourth-order valence-electron chi connectivity index (χ4n) is 3.17. The third-order valence-corrected chi connectivity index (χ3v) is 4.57. The highest BCUT2D eigenvalue weighted by molar-refractivity contribution is 6.02. The molecule has 1 aliphatic rings. The van der Waals surface area contributed by atoms with E-state index in [4.69, 9.17) is 0 Å². The number of methoxy groups -OCH3 is 1. The monoisotopic (exact) mass is 355 g/mol. The van der Waals surface area contributed by atoms with Gasteiger partial charge in [-0.2, -0.15) is 0 Å². The Hall–Kier alpha value is -2.96. The first-order chi connectivity index (χ1) is 12.4. The molecule has 1 aromatic heterocycles. The molecule has 1 aliphatic heterocycles. The number of aromatic nitrogens is 1. The Morgan fingerprint density at radius 2 is 2.08 bits per heavy atom. The van der Waals surface area contributed by atoms with Crippen LogP contribution >= 0.6 is 0 Å². The van der Waals surface area contributed by atoms with E-state index in [0.717, 1.165) is 16.5 Å². The minimum absolute atomic E-state index is 0.173. The fraction of sp³-hybridized carbons (Fsp3) is 0.368. The molecule has 26 heavy (non-hydrogen) atoms. The van der Waals surface area contributed by atoms with E-state index in [2.05, 4.69) is 15.0 Å². The number of nitrogens with one attached hydrogen (secondary N) is 1. The molecule has 2 heterocycles. The van der Waals surface area contributed by atoms with Gasteiger partial charge in [0.25, 0.3) is 5.91 Å². The molecule has 0 unspecified atom stereocenters. The van der Waals surface area contributed by atoms with Gasteiger partial charge in [0.1, 0.15) is 6.04 Å². The Balaban J connectivity index is 1.98. The van der Waals surface area contributed by atoms with Crippen LogP contribution in [0.3, 0.4) is 0 Å². The molecule has 0 saturated carbocycles. The smallest absolute Gasteiger partial charge is 0.308 e. The van der Waals surface area contributed by atoms with Gasteiger partial charge in [-0.25, -0.2) is 0 Å². The van der Waals surface area contributed by atoms with Crippen LogP contribution in [0.5, 0.6) is 0 Å². The van der Waals surface area contributed by atoms with Crippen molar-refractivity contribution in [3.05, 3.63) is 41.1 Å². The average Bonchev–Trinajstić information content (AvgIpc) is 2.62. The van der Waals surface area contributed by atoms with Crippen molar-refractivity contribution < 1.29 is 19.1 Å². The summed E-state index contributed by atoms with van der Waals surface area (Å²) in [5, 5.41) is 3.56. The molecule has 0 spiro atoms. The normalized spacial score (nSPS) is 17.1. The number of piperazine rings is 1. The SMILES string of the molecule is COC(=O)C[C@H]1C(=O)NCCN1C(=O)c1cc2cc(C)ccc2nc1C. The quantitative estimate of drug-likeness (QED) is 0.840. The van der Waals surface area contributed by atoms with Crippen molar-refractivity contribution in [2.24, 2.45) is 0 Å². The zero-order chi connectivity index (χ0) is 18.8. The third kappa shape index (κ3) is 3.37. The molecule has 0 radical (unpaired) electrons. The van der Waals surface area contributed by atoms with Gasteiger partial charge in [-0.1, -0.05) is 11.6 Å². The molecule has 3 rings (SSSR count). The lowest BCUT2D eigenvalue weighted by molar-refractivity contribution is -0.145. The second-order valence-electron chi connectivity index (χ2n) is 6.40. The number of aryl methyl sites for hydroxylation is 2. The molecule has 7 heteroatoms. The lowest BCUT2D eigenvalue weighted by atomic mass is 10.0. The summed E-state index contributed by atoms with van der Waals surface area (Å²) in [7, 11) is 1.26. The van der Waals surface area contributed by atoms with Crippen molar-refractivity contribution >= 4 is 28.7 Å². The number of esters is 1. The Morgan fingerprint density at radius 3 is 2.81 bits per heavy atom. The van der Waals surface area contributed by atoms with E-state index in [1.165, 1.54) is 12.0 Å². The number of benzene rings is 1. The minimum Gasteiger partial charge on any atom is -0.469 e. The number of amides is 2. The zero-order valence-electron chi connectivity index (χ0n) is 15.0. The summed E-state index contributed by atoms with van der Waals surface area (Å²) >= 11 is 0. The number of pyridine rings is 1. The standard InChI is InChI=1S/C19H21N3O4/c1-11-4-5-15-13(8-11)9-14(12(2)21-15)19(25)22-7-6-20-18(24)16(22)10-17(23)26-3/h4-5,8-9,16H,6-7,10H2,1-3H3,(H,20,24)/t16-/m0/s1. The summed E-state index contributed by atoms with van der Waals surface area (Å²) in [6, 6.07) is 6.77. The highest BCUT2D eigenvalue weighted by Crippen LogP contribution is 2.21. The number of carbonyl (C=O) groups excluding carboxylic acids is 3. The second kappa shape index (κ2) is 7.11. The molecule has 7 nitrogen and oxygen atoms in total. The molecule has 136 valence electrons. The van der Waals surface area contributed by atoms with Crippen molar-refractivity contribution in [2.75, 3.05) is 20.2 Å². The number of rotatable bonds is 3. The van der Waals surface area contributed by atoms with Crippen molar-refractivity contribution in [1.82, 2.24) is 15.2 Å². The van der Waals surface area contributed by atoms with E-state index >= 15 is 0 Å². The molecule has 1 aromatic carbocycles. The van der Waals surface area contributed by atoms with Gasteiger partial charge in [-0.3, -0.25) is 19.4 Å². The molecule has 1 fully saturated rings. The van der Waals surface area contributed by atoms with Crippen molar-refractivity contribution in [2.45, 2.75) is 26.3 Å². The largest absolute Gasteiger partial charge is 0.469 e. The molecule has 0 aliphatic carbocycles. The number of carbonyl (C=O) groups is 3. The van der Waals surface area contributed by atoms with E-state index in [1.54, 1.807) is 13.0 Å². The van der Waals surface area contributed by atoms with E-state index in [0.29, 0.717) is 24.3 Å². The number of hydrogen-bond acceptors (Lipinski definition) is 5. The van der Waals surface area contributed by atoms with Crippen LogP contribution in [0.4, 0.5) is 0 Å². The van der Waals surface area contributed by atoms with E-state index < -0.39 is 12.0 Å². The van der Waals surface area contributed by atoms with Gasteiger partial charge in [0.2, 0.25) is 5.91 Å². The van der Waals surface area contributed by atoms with E-state index in [-0.39, 0.29) is 18.2 Å². The number of nitrogens with zero attached hydrogens (tertiary/aromatic N) is 2. The van der Waals surface area contributed by atoms with Crippen LogP contribution in [0.25, 0.3) is 10.9 Å². The predicted octanol–water partition coefficient (Wildman–Crippen LogP) is 1.36. The second-order valence-corrected chi connectivity index (χ2v) is 6.40. The highest BCUT2D eigenvalue weighted by atomic mass is 16.5. The summed E-state index contributed by atoms with van der Waals surface area (Å²) in [6.07, 6.45) is -0.173. The summed E-state index contributed by atoms with van der Waals surface area (Å²) in [4.78, 5) is 42.9. The van der Waals surface area contributed by atoms with Crippen LogP contribution in [0, 0.1) is 13.8 Å². The number of fused-ring (bicyclic) bond motifs is 1. The van der Waals surface area contributed by atoms with Gasteiger partial charge in [-0.05, 0) is 32.0 Å². The summed E-state index contributed by atoms with van der Waals surface area (Å²) in [5.41, 5.74) is 2.91. The molecule has 0 bridgehead atoms. The zero-order valence-corrected chi connectivity index (χ0v) is 15.0. The highest BCUT2D eigenvalue weighted by Gasteiger charge is 2.36. The van der Waals surface area contributed by atoms with Crippen molar-refractivity contribution in [3.8, 4) is 0 Å². The van der Waals surface area contributed by atoms with Crippen molar-refractivity contribution in [3.63, 3.8) is 0 Å². The topological polar surface area (TPSA) is 88.6 Å². The van der Waals surface area contributed by atoms with E-state index in [9.17, 15) is 14.4 Å². The Morgan fingerprint density at radius 1 is 1.31 bits per heavy atom. The van der Waals surface area contributed by atoms with Gasteiger partial charge in [-0.15, -0.1) is 0 Å². The predicted molar refractivity (Wildman–Crippen MR) is 95.7 cm³/mol. The maximum absolute atomic E-state index is 13.1. The van der Waals surface area contributed by atoms with Gasteiger partial charge in [0.05, 0.1) is 30.3 Å². The van der Waals surface area contributed by atoms with Gasteiger partial charge in [0.15, 0.2) is 0 Å². The average molecular weight is 355 g/mol. The van der Waals surface area contributed by atoms with Gasteiger partial charge < -0.3 is 15.0 Å². The third-order valence-electron chi connectivity index (χ3n) is 4.57. The molecule has 1 N–H and O–H groups in total. The van der Waals surface area contributed by atoms with Crippen LogP contribution in [0.1, 0.15) is 28.0 Å². The molecule has 1 saturated heterocycles. The molecule has 1 atom stereocenters. The van der Waals surface area contributed by atoms with Crippen molar-refractivity contribution in [1.29, 1.82) is 0 Å². The Bertz CT molecular complexity index is 894. The fourth-order valence-corrected chi connectivity index (χ4v) is 3.17. The summed E-state index contributed by atoms with van der Waals surface area (Å²) < 4.78 is 4.66. The van der Waals surface area contributed by atoms with Crippen LogP contribution in [0.15, 0.2) is 24.3 Å². The lowest BCUT2D eigenvalue weighted by Crippen LogP contribution is -2.58. The van der Waals surface area contributed by atoms with Gasteiger partial charge >= 0.3 is 5.97 Å². The maximum Gasteiger partial charge on any atom is 0.308 e. The van der Waals surface area contributed by atoms with E-state index in [1.807, 2.05) is 25.1 Å². The van der Waals surface area contributed by atoms with Crippen LogP contribution in [0.2, 0.25) is 0 Å². The Kier molecular flexibility index (Phi) is 4.88. The minimum atomic E-state index is -0.878. The van der Waals surface area contributed by atoms with Crippen LogP contribution in [-0.4, -0.2) is 53.9 Å².